The smallest absolute Gasteiger partial charge is 0.251 e. The SMILES string of the molecule is COCOc1ccc(C(=O)NCCNC(=O)c2cccc(Oc3ccc(OC)cc3)c2)cc1. The van der Waals surface area contributed by atoms with Crippen LogP contribution in [0.5, 0.6) is 23.0 Å². The van der Waals surface area contributed by atoms with E-state index in [0.29, 0.717) is 28.4 Å². The molecule has 0 bridgehead atoms. The molecule has 8 heteroatoms. The maximum atomic E-state index is 12.5. The summed E-state index contributed by atoms with van der Waals surface area (Å²) in [7, 11) is 3.13. The Kier molecular flexibility index (Phi) is 8.67. The largest absolute Gasteiger partial charge is 0.497 e. The van der Waals surface area contributed by atoms with Crippen molar-refractivity contribution in [3.63, 3.8) is 0 Å². The lowest BCUT2D eigenvalue weighted by atomic mass is 10.2. The van der Waals surface area contributed by atoms with Crippen LogP contribution in [0.4, 0.5) is 0 Å². The molecule has 0 atom stereocenters. The van der Waals surface area contributed by atoms with Crippen LogP contribution in [0.15, 0.2) is 72.8 Å². The standard InChI is InChI=1S/C25H26N2O6/c1-30-17-32-21-8-6-18(7-9-21)24(28)26-14-15-27-25(29)19-4-3-5-23(16-19)33-22-12-10-20(31-2)11-13-22/h3-13,16H,14-15,17H2,1-2H3,(H,26,28)(H,27,29). The molecular formula is C25H26N2O6. The average molecular weight is 450 g/mol. The molecule has 0 saturated heterocycles. The topological polar surface area (TPSA) is 95.1 Å². The zero-order valence-electron chi connectivity index (χ0n) is 18.5. The quantitative estimate of drug-likeness (QED) is 0.342. The Hall–Kier alpha value is -4.04. The molecule has 0 saturated carbocycles. The average Bonchev–Trinajstić information content (AvgIpc) is 2.86. The summed E-state index contributed by atoms with van der Waals surface area (Å²) in [5.41, 5.74) is 0.952. The third-order valence-corrected chi connectivity index (χ3v) is 4.55. The van der Waals surface area contributed by atoms with Crippen LogP contribution in [0.1, 0.15) is 20.7 Å². The fraction of sp³-hybridized carbons (Fsp3) is 0.200. The first kappa shape index (κ1) is 23.6. The monoisotopic (exact) mass is 450 g/mol. The van der Waals surface area contributed by atoms with Crippen molar-refractivity contribution in [1.29, 1.82) is 0 Å². The Labute approximate surface area is 192 Å². The molecule has 172 valence electrons. The van der Waals surface area contributed by atoms with E-state index in [0.717, 1.165) is 5.75 Å². The molecule has 0 spiro atoms. The number of carbonyl (C=O) groups is 2. The molecule has 0 fully saturated rings. The van der Waals surface area contributed by atoms with Gasteiger partial charge in [-0.15, -0.1) is 0 Å². The molecule has 0 aromatic heterocycles. The minimum absolute atomic E-state index is 0.141. The Morgan fingerprint density at radius 3 is 1.94 bits per heavy atom. The van der Waals surface area contributed by atoms with E-state index in [2.05, 4.69) is 10.6 Å². The fourth-order valence-corrected chi connectivity index (χ4v) is 2.87. The first-order valence-electron chi connectivity index (χ1n) is 10.3. The van der Waals surface area contributed by atoms with Crippen LogP contribution in [0.3, 0.4) is 0 Å². The number of hydrogen-bond donors (Lipinski definition) is 2. The van der Waals surface area contributed by atoms with Gasteiger partial charge in [0, 0.05) is 31.3 Å². The molecule has 0 unspecified atom stereocenters. The summed E-state index contributed by atoms with van der Waals surface area (Å²) < 4.78 is 21.1. The molecule has 0 radical (unpaired) electrons. The second-order valence-corrected chi connectivity index (χ2v) is 6.89. The Morgan fingerprint density at radius 2 is 1.30 bits per heavy atom. The third-order valence-electron chi connectivity index (χ3n) is 4.55. The third kappa shape index (κ3) is 7.26. The molecule has 0 aliphatic heterocycles. The van der Waals surface area contributed by atoms with Gasteiger partial charge in [-0.3, -0.25) is 9.59 Å². The predicted molar refractivity (Wildman–Crippen MR) is 123 cm³/mol. The maximum absolute atomic E-state index is 12.5. The highest BCUT2D eigenvalue weighted by Crippen LogP contribution is 2.24. The van der Waals surface area contributed by atoms with E-state index in [4.69, 9.17) is 18.9 Å². The molecule has 0 aliphatic carbocycles. The lowest BCUT2D eigenvalue weighted by Gasteiger charge is -2.10. The number of hydrogen-bond acceptors (Lipinski definition) is 6. The minimum atomic E-state index is -0.260. The van der Waals surface area contributed by atoms with Crippen molar-refractivity contribution in [2.45, 2.75) is 0 Å². The Bertz CT molecular complexity index is 1050. The van der Waals surface area contributed by atoms with Crippen molar-refractivity contribution in [2.24, 2.45) is 0 Å². The van der Waals surface area contributed by atoms with Crippen LogP contribution >= 0.6 is 0 Å². The normalized spacial score (nSPS) is 10.2. The van der Waals surface area contributed by atoms with Gasteiger partial charge in [-0.05, 0) is 66.7 Å². The summed E-state index contributed by atoms with van der Waals surface area (Å²) in [6, 6.07) is 20.7. The summed E-state index contributed by atoms with van der Waals surface area (Å²) >= 11 is 0. The van der Waals surface area contributed by atoms with E-state index in [-0.39, 0.29) is 31.7 Å². The Morgan fingerprint density at radius 1 is 0.697 bits per heavy atom. The minimum Gasteiger partial charge on any atom is -0.497 e. The van der Waals surface area contributed by atoms with Gasteiger partial charge >= 0.3 is 0 Å². The van der Waals surface area contributed by atoms with Gasteiger partial charge in [-0.2, -0.15) is 0 Å². The summed E-state index contributed by atoms with van der Waals surface area (Å²) in [4.78, 5) is 24.7. The highest BCUT2D eigenvalue weighted by molar-refractivity contribution is 5.95. The van der Waals surface area contributed by atoms with Gasteiger partial charge in [-0.25, -0.2) is 0 Å². The first-order chi connectivity index (χ1) is 16.1. The Balaban J connectivity index is 1.44. The number of ether oxygens (including phenoxy) is 4. The molecule has 3 aromatic carbocycles. The molecule has 0 heterocycles. The van der Waals surface area contributed by atoms with Crippen LogP contribution in [-0.4, -0.2) is 45.9 Å². The van der Waals surface area contributed by atoms with Crippen LogP contribution in [0, 0.1) is 0 Å². The van der Waals surface area contributed by atoms with Gasteiger partial charge in [0.2, 0.25) is 0 Å². The fourth-order valence-electron chi connectivity index (χ4n) is 2.87. The lowest BCUT2D eigenvalue weighted by Crippen LogP contribution is -2.34. The number of benzene rings is 3. The van der Waals surface area contributed by atoms with Crippen molar-refractivity contribution >= 4 is 11.8 Å². The van der Waals surface area contributed by atoms with Gasteiger partial charge in [0.1, 0.15) is 23.0 Å². The van der Waals surface area contributed by atoms with E-state index in [1.807, 2.05) is 0 Å². The number of amides is 2. The highest BCUT2D eigenvalue weighted by Gasteiger charge is 2.09. The van der Waals surface area contributed by atoms with Crippen molar-refractivity contribution in [1.82, 2.24) is 10.6 Å². The number of methoxy groups -OCH3 is 2. The van der Waals surface area contributed by atoms with Crippen LogP contribution in [-0.2, 0) is 4.74 Å². The summed E-state index contributed by atoms with van der Waals surface area (Å²) in [5.74, 6) is 2.02. The number of rotatable bonds is 11. The van der Waals surface area contributed by atoms with E-state index >= 15 is 0 Å². The molecule has 33 heavy (non-hydrogen) atoms. The maximum Gasteiger partial charge on any atom is 0.251 e. The van der Waals surface area contributed by atoms with Gasteiger partial charge in [0.25, 0.3) is 11.8 Å². The van der Waals surface area contributed by atoms with E-state index in [9.17, 15) is 9.59 Å². The second-order valence-electron chi connectivity index (χ2n) is 6.89. The van der Waals surface area contributed by atoms with Crippen molar-refractivity contribution in [3.8, 4) is 23.0 Å². The van der Waals surface area contributed by atoms with E-state index in [1.165, 1.54) is 7.11 Å². The second kappa shape index (κ2) is 12.1. The number of carbonyl (C=O) groups excluding carboxylic acids is 2. The van der Waals surface area contributed by atoms with Gasteiger partial charge < -0.3 is 29.6 Å². The molecule has 0 aliphatic rings. The summed E-state index contributed by atoms with van der Waals surface area (Å²) in [6.45, 7) is 0.708. The van der Waals surface area contributed by atoms with Crippen LogP contribution in [0.2, 0.25) is 0 Å². The molecule has 8 nitrogen and oxygen atoms in total. The van der Waals surface area contributed by atoms with Crippen LogP contribution in [0.25, 0.3) is 0 Å². The molecule has 2 amide bonds. The zero-order chi connectivity index (χ0) is 23.5. The molecule has 3 rings (SSSR count). The zero-order valence-corrected chi connectivity index (χ0v) is 18.5. The van der Waals surface area contributed by atoms with Crippen LogP contribution < -0.4 is 24.8 Å². The highest BCUT2D eigenvalue weighted by atomic mass is 16.7. The van der Waals surface area contributed by atoms with Crippen molar-refractivity contribution < 1.29 is 28.5 Å². The predicted octanol–water partition coefficient (Wildman–Crippen LogP) is 3.63. The van der Waals surface area contributed by atoms with Gasteiger partial charge in [0.15, 0.2) is 6.79 Å². The van der Waals surface area contributed by atoms with Crippen molar-refractivity contribution in [3.05, 3.63) is 83.9 Å². The lowest BCUT2D eigenvalue weighted by molar-refractivity contribution is 0.0511. The van der Waals surface area contributed by atoms with E-state index in [1.54, 1.807) is 79.9 Å². The van der Waals surface area contributed by atoms with E-state index < -0.39 is 0 Å². The molecule has 2 N–H and O–H groups in total. The first-order valence-corrected chi connectivity index (χ1v) is 10.3. The number of nitrogens with one attached hydrogen (secondary N) is 2. The molecule has 3 aromatic rings. The van der Waals surface area contributed by atoms with Crippen molar-refractivity contribution in [2.75, 3.05) is 34.1 Å². The summed E-state index contributed by atoms with van der Waals surface area (Å²) in [5, 5.41) is 5.55. The summed E-state index contributed by atoms with van der Waals surface area (Å²) in [6.07, 6.45) is 0. The van der Waals surface area contributed by atoms with Gasteiger partial charge in [-0.1, -0.05) is 6.07 Å². The van der Waals surface area contributed by atoms with Gasteiger partial charge in [0.05, 0.1) is 7.11 Å². The molecular weight excluding hydrogens is 424 g/mol.